The minimum absolute atomic E-state index is 0.183. The summed E-state index contributed by atoms with van der Waals surface area (Å²) in [7, 11) is 0. The molecule has 2 aromatic carbocycles. The second kappa shape index (κ2) is 8.16. The molecule has 6 nitrogen and oxygen atoms in total. The molecule has 4 rings (SSSR count). The zero-order valence-corrected chi connectivity index (χ0v) is 15.9. The molecule has 0 aliphatic carbocycles. The van der Waals surface area contributed by atoms with Crippen LogP contribution in [0, 0.1) is 0 Å². The van der Waals surface area contributed by atoms with Gasteiger partial charge in [0.25, 0.3) is 11.8 Å². The summed E-state index contributed by atoms with van der Waals surface area (Å²) < 4.78 is 5.06. The predicted octanol–water partition coefficient (Wildman–Crippen LogP) is 4.66. The number of nitrogens with one attached hydrogen (secondary N) is 2. The van der Waals surface area contributed by atoms with Gasteiger partial charge in [0.05, 0.1) is 11.8 Å². The third-order valence-electron chi connectivity index (χ3n) is 4.33. The lowest BCUT2D eigenvalue weighted by atomic mass is 10.1. The SMILES string of the molecule is O=C(NCc1ccc(NC(=O)c2ccco2)cc1)c1ccc2nc(Cl)ccc2c1. The van der Waals surface area contributed by atoms with Crippen LogP contribution in [0.2, 0.25) is 5.15 Å². The first-order chi connectivity index (χ1) is 14.1. The molecule has 0 fully saturated rings. The van der Waals surface area contributed by atoms with E-state index in [1.54, 1.807) is 48.5 Å². The third-order valence-corrected chi connectivity index (χ3v) is 4.54. The molecule has 0 bridgehead atoms. The van der Waals surface area contributed by atoms with E-state index in [0.29, 0.717) is 22.9 Å². The smallest absolute Gasteiger partial charge is 0.291 e. The van der Waals surface area contributed by atoms with E-state index in [2.05, 4.69) is 15.6 Å². The number of carbonyl (C=O) groups is 2. The Bertz CT molecular complexity index is 1170. The van der Waals surface area contributed by atoms with Gasteiger partial charge in [-0.25, -0.2) is 4.98 Å². The van der Waals surface area contributed by atoms with Gasteiger partial charge in [-0.15, -0.1) is 0 Å². The molecule has 0 aliphatic heterocycles. The lowest BCUT2D eigenvalue weighted by molar-refractivity contribution is 0.0950. The van der Waals surface area contributed by atoms with Crippen LogP contribution in [-0.2, 0) is 6.54 Å². The Kier molecular flexibility index (Phi) is 5.27. The van der Waals surface area contributed by atoms with Crippen LogP contribution in [0.5, 0.6) is 0 Å². The fraction of sp³-hybridized carbons (Fsp3) is 0.0455. The van der Waals surface area contributed by atoms with Gasteiger partial charge in [-0.3, -0.25) is 9.59 Å². The van der Waals surface area contributed by atoms with Gasteiger partial charge in [0.2, 0.25) is 0 Å². The molecule has 0 spiro atoms. The molecule has 0 unspecified atom stereocenters. The summed E-state index contributed by atoms with van der Waals surface area (Å²) in [5.41, 5.74) is 2.83. The highest BCUT2D eigenvalue weighted by Crippen LogP contribution is 2.17. The van der Waals surface area contributed by atoms with E-state index in [9.17, 15) is 9.59 Å². The van der Waals surface area contributed by atoms with E-state index in [4.69, 9.17) is 16.0 Å². The van der Waals surface area contributed by atoms with Gasteiger partial charge in [0.1, 0.15) is 5.15 Å². The predicted molar refractivity (Wildman–Crippen MR) is 111 cm³/mol. The van der Waals surface area contributed by atoms with Gasteiger partial charge in [0.15, 0.2) is 5.76 Å². The molecule has 4 aromatic rings. The molecule has 7 heteroatoms. The van der Waals surface area contributed by atoms with Gasteiger partial charge in [-0.2, -0.15) is 0 Å². The number of aromatic nitrogens is 1. The molecule has 0 aliphatic rings. The Balaban J connectivity index is 1.36. The van der Waals surface area contributed by atoms with Crippen molar-refractivity contribution in [1.82, 2.24) is 10.3 Å². The number of halogens is 1. The number of fused-ring (bicyclic) bond motifs is 1. The fourth-order valence-electron chi connectivity index (χ4n) is 2.83. The number of furan rings is 1. The van der Waals surface area contributed by atoms with Crippen molar-refractivity contribution in [2.75, 3.05) is 5.32 Å². The molecule has 2 N–H and O–H groups in total. The summed E-state index contributed by atoms with van der Waals surface area (Å²) in [5, 5.41) is 6.90. The molecular formula is C22H16ClN3O3. The van der Waals surface area contributed by atoms with Crippen LogP contribution in [0.4, 0.5) is 5.69 Å². The number of anilines is 1. The van der Waals surface area contributed by atoms with Crippen LogP contribution in [0.3, 0.4) is 0 Å². The molecule has 2 amide bonds. The highest BCUT2D eigenvalue weighted by molar-refractivity contribution is 6.29. The maximum atomic E-state index is 12.4. The van der Waals surface area contributed by atoms with Crippen LogP contribution in [0.25, 0.3) is 10.9 Å². The van der Waals surface area contributed by atoms with Gasteiger partial charge >= 0.3 is 0 Å². The second-order valence-electron chi connectivity index (χ2n) is 6.35. The Labute approximate surface area is 171 Å². The summed E-state index contributed by atoms with van der Waals surface area (Å²) in [6.07, 6.45) is 1.45. The molecule has 144 valence electrons. The van der Waals surface area contributed by atoms with Gasteiger partial charge in [0, 0.05) is 23.2 Å². The minimum atomic E-state index is -0.317. The second-order valence-corrected chi connectivity index (χ2v) is 6.74. The van der Waals surface area contributed by atoms with E-state index < -0.39 is 0 Å². The van der Waals surface area contributed by atoms with E-state index in [-0.39, 0.29) is 17.6 Å². The summed E-state index contributed by atoms with van der Waals surface area (Å²) in [6, 6.07) is 19.3. The third kappa shape index (κ3) is 4.44. The molecule has 0 atom stereocenters. The van der Waals surface area contributed by atoms with Crippen LogP contribution in [-0.4, -0.2) is 16.8 Å². The Morgan fingerprint density at radius 1 is 0.966 bits per heavy atom. The number of pyridine rings is 1. The number of hydrogen-bond donors (Lipinski definition) is 2. The highest BCUT2D eigenvalue weighted by Gasteiger charge is 2.09. The number of rotatable bonds is 5. The first-order valence-electron chi connectivity index (χ1n) is 8.87. The van der Waals surface area contributed by atoms with Crippen molar-refractivity contribution in [1.29, 1.82) is 0 Å². The van der Waals surface area contributed by atoms with Crippen molar-refractivity contribution in [2.45, 2.75) is 6.54 Å². The lowest BCUT2D eigenvalue weighted by Gasteiger charge is -2.08. The van der Waals surface area contributed by atoms with Crippen LogP contribution in [0.15, 0.2) is 77.4 Å². The van der Waals surface area contributed by atoms with E-state index >= 15 is 0 Å². The van der Waals surface area contributed by atoms with Crippen molar-refractivity contribution >= 4 is 40.0 Å². The van der Waals surface area contributed by atoms with Crippen molar-refractivity contribution in [3.8, 4) is 0 Å². The molecule has 29 heavy (non-hydrogen) atoms. The molecule has 0 saturated carbocycles. The zero-order chi connectivity index (χ0) is 20.2. The van der Waals surface area contributed by atoms with Crippen molar-refractivity contribution in [2.24, 2.45) is 0 Å². The monoisotopic (exact) mass is 405 g/mol. The number of nitrogens with zero attached hydrogens (tertiary/aromatic N) is 1. The average molecular weight is 406 g/mol. The first kappa shape index (κ1) is 18.7. The molecule has 2 aromatic heterocycles. The molecule has 2 heterocycles. The van der Waals surface area contributed by atoms with Gasteiger partial charge in [-0.05, 0) is 60.2 Å². The quantitative estimate of drug-likeness (QED) is 0.473. The summed E-state index contributed by atoms with van der Waals surface area (Å²) in [4.78, 5) is 28.6. The average Bonchev–Trinajstić information content (AvgIpc) is 3.28. The fourth-order valence-corrected chi connectivity index (χ4v) is 2.99. The topological polar surface area (TPSA) is 84.2 Å². The van der Waals surface area contributed by atoms with Gasteiger partial charge < -0.3 is 15.1 Å². The Morgan fingerprint density at radius 3 is 2.55 bits per heavy atom. The maximum Gasteiger partial charge on any atom is 0.291 e. The summed E-state index contributed by atoms with van der Waals surface area (Å²) in [5.74, 6) is -0.255. The molecular weight excluding hydrogens is 390 g/mol. The normalized spacial score (nSPS) is 10.7. The van der Waals surface area contributed by atoms with E-state index in [0.717, 1.165) is 16.5 Å². The lowest BCUT2D eigenvalue weighted by Crippen LogP contribution is -2.22. The summed E-state index contributed by atoms with van der Waals surface area (Å²) >= 11 is 5.89. The zero-order valence-electron chi connectivity index (χ0n) is 15.2. The van der Waals surface area contributed by atoms with Crippen molar-refractivity contribution in [3.63, 3.8) is 0 Å². The van der Waals surface area contributed by atoms with Crippen LogP contribution in [0.1, 0.15) is 26.5 Å². The largest absolute Gasteiger partial charge is 0.459 e. The van der Waals surface area contributed by atoms with Crippen LogP contribution >= 0.6 is 11.6 Å². The maximum absolute atomic E-state index is 12.4. The highest BCUT2D eigenvalue weighted by atomic mass is 35.5. The van der Waals surface area contributed by atoms with Gasteiger partial charge in [-0.1, -0.05) is 23.7 Å². The number of carbonyl (C=O) groups excluding carboxylic acids is 2. The Morgan fingerprint density at radius 2 is 1.79 bits per heavy atom. The standard InChI is InChI=1S/C22H16ClN3O3/c23-20-10-6-15-12-16(5-9-18(15)26-20)21(27)24-13-14-3-7-17(8-4-14)25-22(28)19-2-1-11-29-19/h1-12H,13H2,(H,24,27)(H,25,28). The minimum Gasteiger partial charge on any atom is -0.459 e. The van der Waals surface area contributed by atoms with Crippen LogP contribution < -0.4 is 10.6 Å². The van der Waals surface area contributed by atoms with E-state index in [1.165, 1.54) is 6.26 Å². The first-order valence-corrected chi connectivity index (χ1v) is 9.24. The van der Waals surface area contributed by atoms with E-state index in [1.807, 2.05) is 18.2 Å². The number of benzene rings is 2. The molecule has 0 radical (unpaired) electrons. The van der Waals surface area contributed by atoms with Crippen molar-refractivity contribution in [3.05, 3.63) is 95.0 Å². The van der Waals surface area contributed by atoms with Crippen molar-refractivity contribution < 1.29 is 14.0 Å². The summed E-state index contributed by atoms with van der Waals surface area (Å²) in [6.45, 7) is 0.363. The molecule has 0 saturated heterocycles. The number of hydrogen-bond acceptors (Lipinski definition) is 4. The Hall–Kier alpha value is -3.64. The number of amides is 2.